The molecule has 8 heteroatoms. The van der Waals surface area contributed by atoms with E-state index in [1.807, 2.05) is 29.2 Å². The van der Waals surface area contributed by atoms with Crippen molar-refractivity contribution in [2.24, 2.45) is 5.92 Å². The Morgan fingerprint density at radius 1 is 1.24 bits per heavy atom. The van der Waals surface area contributed by atoms with Crippen molar-refractivity contribution < 1.29 is 9.59 Å². The van der Waals surface area contributed by atoms with E-state index in [0.717, 1.165) is 36.0 Å². The van der Waals surface area contributed by atoms with Gasteiger partial charge >= 0.3 is 0 Å². The quantitative estimate of drug-likeness (QED) is 0.734. The van der Waals surface area contributed by atoms with Gasteiger partial charge in [-0.15, -0.1) is 0 Å². The van der Waals surface area contributed by atoms with Crippen molar-refractivity contribution in [1.82, 2.24) is 30.0 Å². The van der Waals surface area contributed by atoms with E-state index in [9.17, 15) is 9.59 Å². The lowest BCUT2D eigenvalue weighted by Gasteiger charge is -2.32. The molecule has 1 saturated heterocycles. The Hall–Kier alpha value is -3.29. The Kier molecular flexibility index (Phi) is 5.24. The maximum atomic E-state index is 13.1. The normalized spacial score (nSPS) is 16.8. The second-order valence-electron chi connectivity index (χ2n) is 7.68. The molecule has 0 spiro atoms. The average Bonchev–Trinajstić information content (AvgIpc) is 3.17. The maximum absolute atomic E-state index is 13.1. The van der Waals surface area contributed by atoms with Crippen LogP contribution in [0.15, 0.2) is 36.7 Å². The number of aromatic amines is 1. The summed E-state index contributed by atoms with van der Waals surface area (Å²) in [5, 5.41) is 8.03. The number of carbonyl (C=O) groups excluding carboxylic acids is 2. The van der Waals surface area contributed by atoms with Gasteiger partial charge in [-0.1, -0.05) is 18.2 Å². The van der Waals surface area contributed by atoms with Gasteiger partial charge in [-0.2, -0.15) is 5.10 Å². The van der Waals surface area contributed by atoms with Crippen LogP contribution in [0.2, 0.25) is 0 Å². The highest BCUT2D eigenvalue weighted by molar-refractivity contribution is 6.04. The van der Waals surface area contributed by atoms with Crippen LogP contribution in [0.3, 0.4) is 0 Å². The predicted octanol–water partition coefficient (Wildman–Crippen LogP) is 2.15. The standard InChI is InChI=1S/C21H24N6O2/c1-26(2)20(28)18-11-15(22-13-23-18)10-14-6-5-9-27(12-14)21(29)19-16-7-3-4-8-17(16)24-25-19/h3-4,7-8,11,13-14H,5-6,9-10,12H2,1-2H3,(H,24,25). The number of likely N-dealkylation sites (tertiary alicyclic amines) is 1. The molecular formula is C21H24N6O2. The molecule has 0 aliphatic carbocycles. The van der Waals surface area contributed by atoms with Gasteiger partial charge in [0.25, 0.3) is 11.8 Å². The first kappa shape index (κ1) is 19.0. The zero-order chi connectivity index (χ0) is 20.4. The SMILES string of the molecule is CN(C)C(=O)c1cc(CC2CCCN(C(=O)c3n[nH]c4ccccc34)C2)ncn1. The van der Waals surface area contributed by atoms with Crippen LogP contribution in [0.4, 0.5) is 0 Å². The highest BCUT2D eigenvalue weighted by Gasteiger charge is 2.27. The molecule has 0 radical (unpaired) electrons. The summed E-state index contributed by atoms with van der Waals surface area (Å²) in [6, 6.07) is 9.42. The van der Waals surface area contributed by atoms with Crippen LogP contribution in [0, 0.1) is 5.92 Å². The molecule has 1 atom stereocenters. The fourth-order valence-electron chi connectivity index (χ4n) is 3.84. The van der Waals surface area contributed by atoms with Crippen LogP contribution < -0.4 is 0 Å². The van der Waals surface area contributed by atoms with E-state index < -0.39 is 0 Å². The molecule has 3 aromatic rings. The van der Waals surface area contributed by atoms with E-state index in [-0.39, 0.29) is 17.7 Å². The van der Waals surface area contributed by atoms with Crippen LogP contribution in [0.1, 0.15) is 39.5 Å². The monoisotopic (exact) mass is 392 g/mol. The van der Waals surface area contributed by atoms with E-state index in [4.69, 9.17) is 0 Å². The van der Waals surface area contributed by atoms with Gasteiger partial charge in [0.15, 0.2) is 5.69 Å². The minimum atomic E-state index is -0.139. The second-order valence-corrected chi connectivity index (χ2v) is 7.68. The summed E-state index contributed by atoms with van der Waals surface area (Å²) in [5.41, 5.74) is 2.56. The maximum Gasteiger partial charge on any atom is 0.275 e. The van der Waals surface area contributed by atoms with Crippen molar-refractivity contribution in [3.8, 4) is 0 Å². The van der Waals surface area contributed by atoms with Gasteiger partial charge in [0.1, 0.15) is 12.0 Å². The molecule has 4 rings (SSSR count). The number of hydrogen-bond donors (Lipinski definition) is 1. The van der Waals surface area contributed by atoms with Crippen LogP contribution in [0.25, 0.3) is 10.9 Å². The first-order valence-electron chi connectivity index (χ1n) is 9.78. The fourth-order valence-corrected chi connectivity index (χ4v) is 3.84. The summed E-state index contributed by atoms with van der Waals surface area (Å²) in [4.78, 5) is 37.0. The molecule has 3 heterocycles. The second kappa shape index (κ2) is 7.98. The summed E-state index contributed by atoms with van der Waals surface area (Å²) in [7, 11) is 3.40. The molecule has 1 N–H and O–H groups in total. The number of hydrogen-bond acceptors (Lipinski definition) is 5. The Morgan fingerprint density at radius 2 is 2.07 bits per heavy atom. The summed E-state index contributed by atoms with van der Waals surface area (Å²) in [5.74, 6) is 0.105. The van der Waals surface area contributed by atoms with Gasteiger partial charge in [-0.25, -0.2) is 9.97 Å². The third-order valence-electron chi connectivity index (χ3n) is 5.33. The van der Waals surface area contributed by atoms with E-state index >= 15 is 0 Å². The Labute approximate surface area is 168 Å². The summed E-state index contributed by atoms with van der Waals surface area (Å²) >= 11 is 0. The van der Waals surface area contributed by atoms with Gasteiger partial charge < -0.3 is 9.80 Å². The topological polar surface area (TPSA) is 95.1 Å². The van der Waals surface area contributed by atoms with Crippen LogP contribution in [0.5, 0.6) is 0 Å². The molecule has 8 nitrogen and oxygen atoms in total. The minimum Gasteiger partial charge on any atom is -0.343 e. The summed E-state index contributed by atoms with van der Waals surface area (Å²) in [6.45, 7) is 1.38. The fraction of sp³-hybridized carbons (Fsp3) is 0.381. The van der Waals surface area contributed by atoms with Crippen molar-refractivity contribution in [2.45, 2.75) is 19.3 Å². The van der Waals surface area contributed by atoms with Crippen molar-refractivity contribution in [3.05, 3.63) is 53.7 Å². The zero-order valence-corrected chi connectivity index (χ0v) is 16.6. The lowest BCUT2D eigenvalue weighted by Crippen LogP contribution is -2.40. The van der Waals surface area contributed by atoms with E-state index in [2.05, 4.69) is 20.2 Å². The zero-order valence-electron chi connectivity index (χ0n) is 16.6. The van der Waals surface area contributed by atoms with E-state index in [1.165, 1.54) is 11.2 Å². The van der Waals surface area contributed by atoms with Gasteiger partial charge in [-0.3, -0.25) is 14.7 Å². The number of carbonyl (C=O) groups is 2. The van der Waals surface area contributed by atoms with Gasteiger partial charge in [0.05, 0.1) is 5.52 Å². The molecule has 1 aliphatic rings. The van der Waals surface area contributed by atoms with Gasteiger partial charge in [0, 0.05) is 38.3 Å². The number of amides is 2. The molecule has 1 aliphatic heterocycles. The molecule has 1 fully saturated rings. The smallest absolute Gasteiger partial charge is 0.275 e. The Bertz CT molecular complexity index is 1040. The van der Waals surface area contributed by atoms with Crippen molar-refractivity contribution >= 4 is 22.7 Å². The van der Waals surface area contributed by atoms with Crippen LogP contribution in [-0.4, -0.2) is 69.0 Å². The van der Waals surface area contributed by atoms with Crippen molar-refractivity contribution in [3.63, 3.8) is 0 Å². The van der Waals surface area contributed by atoms with E-state index in [1.54, 1.807) is 20.2 Å². The number of nitrogens with zero attached hydrogens (tertiary/aromatic N) is 5. The molecule has 1 unspecified atom stereocenters. The first-order valence-corrected chi connectivity index (χ1v) is 9.78. The van der Waals surface area contributed by atoms with E-state index in [0.29, 0.717) is 24.4 Å². The molecule has 2 amide bonds. The third-order valence-corrected chi connectivity index (χ3v) is 5.33. The number of nitrogens with one attached hydrogen (secondary N) is 1. The molecule has 150 valence electrons. The first-order chi connectivity index (χ1) is 14.0. The van der Waals surface area contributed by atoms with Crippen molar-refractivity contribution in [1.29, 1.82) is 0 Å². The number of benzene rings is 1. The third kappa shape index (κ3) is 3.96. The van der Waals surface area contributed by atoms with Gasteiger partial charge in [-0.05, 0) is 37.3 Å². The number of aromatic nitrogens is 4. The van der Waals surface area contributed by atoms with Gasteiger partial charge in [0.2, 0.25) is 0 Å². The van der Waals surface area contributed by atoms with Crippen LogP contribution in [-0.2, 0) is 6.42 Å². The number of piperidine rings is 1. The van der Waals surface area contributed by atoms with Crippen molar-refractivity contribution in [2.75, 3.05) is 27.2 Å². The molecule has 1 aromatic carbocycles. The molecule has 0 saturated carbocycles. The number of para-hydroxylation sites is 1. The largest absolute Gasteiger partial charge is 0.343 e. The Morgan fingerprint density at radius 3 is 2.90 bits per heavy atom. The molecule has 2 aromatic heterocycles. The lowest BCUT2D eigenvalue weighted by atomic mass is 9.92. The highest BCUT2D eigenvalue weighted by atomic mass is 16.2. The van der Waals surface area contributed by atoms with Crippen LogP contribution >= 0.6 is 0 Å². The number of fused-ring (bicyclic) bond motifs is 1. The minimum absolute atomic E-state index is 0.0432. The number of rotatable bonds is 4. The summed E-state index contributed by atoms with van der Waals surface area (Å²) in [6.07, 6.45) is 4.11. The highest BCUT2D eigenvalue weighted by Crippen LogP contribution is 2.24. The molecular weight excluding hydrogens is 368 g/mol. The Balaban J connectivity index is 1.47. The predicted molar refractivity (Wildman–Crippen MR) is 108 cm³/mol. The molecule has 0 bridgehead atoms. The average molecular weight is 392 g/mol. The number of H-pyrrole nitrogens is 1. The summed E-state index contributed by atoms with van der Waals surface area (Å²) < 4.78 is 0. The lowest BCUT2D eigenvalue weighted by molar-refractivity contribution is 0.0668. The molecule has 29 heavy (non-hydrogen) atoms.